The van der Waals surface area contributed by atoms with Gasteiger partial charge in [0.25, 0.3) is 5.56 Å². The van der Waals surface area contributed by atoms with E-state index in [1.807, 2.05) is 54.6 Å². The topological polar surface area (TPSA) is 74.9 Å². The molecule has 8 heteroatoms. The smallest absolute Gasteiger partial charge is 0.291 e. The Morgan fingerprint density at radius 3 is 2.30 bits per heavy atom. The second kappa shape index (κ2) is 8.38. The van der Waals surface area contributed by atoms with E-state index in [0.717, 1.165) is 16.9 Å². The van der Waals surface area contributed by atoms with Crippen molar-refractivity contribution in [3.8, 4) is 17.2 Å². The standard InChI is InChI=1S/C22H19N3O4S/c1-27-16-8-4-15(5-9-16)13-19-21(26)25-22(30-19)23-20(24-25)11-7-14-6-10-17(28-2)18(12-14)29-3/h4-13H,1-3H3/b11-7+,19-13+. The van der Waals surface area contributed by atoms with Gasteiger partial charge in [0.1, 0.15) is 5.75 Å². The Kier molecular flexibility index (Phi) is 5.49. The Morgan fingerprint density at radius 2 is 1.63 bits per heavy atom. The van der Waals surface area contributed by atoms with Gasteiger partial charge in [-0.05, 0) is 47.5 Å². The monoisotopic (exact) mass is 421 g/mol. The van der Waals surface area contributed by atoms with Crippen LogP contribution in [0.3, 0.4) is 0 Å². The van der Waals surface area contributed by atoms with Gasteiger partial charge < -0.3 is 14.2 Å². The van der Waals surface area contributed by atoms with Crippen molar-refractivity contribution < 1.29 is 14.2 Å². The van der Waals surface area contributed by atoms with Gasteiger partial charge in [-0.1, -0.05) is 35.6 Å². The quantitative estimate of drug-likeness (QED) is 0.477. The van der Waals surface area contributed by atoms with Crippen molar-refractivity contribution in [2.45, 2.75) is 0 Å². The van der Waals surface area contributed by atoms with Gasteiger partial charge in [-0.3, -0.25) is 4.79 Å². The molecule has 0 atom stereocenters. The molecule has 0 spiro atoms. The molecule has 0 fully saturated rings. The number of ether oxygens (including phenoxy) is 3. The van der Waals surface area contributed by atoms with Crippen molar-refractivity contribution in [1.29, 1.82) is 0 Å². The molecule has 2 aromatic carbocycles. The maximum atomic E-state index is 12.7. The lowest BCUT2D eigenvalue weighted by Gasteiger charge is -2.07. The van der Waals surface area contributed by atoms with Crippen molar-refractivity contribution in [1.82, 2.24) is 14.6 Å². The Morgan fingerprint density at radius 1 is 0.900 bits per heavy atom. The summed E-state index contributed by atoms with van der Waals surface area (Å²) in [6.07, 6.45) is 5.44. The van der Waals surface area contributed by atoms with Gasteiger partial charge in [-0.15, -0.1) is 5.10 Å². The fourth-order valence-electron chi connectivity index (χ4n) is 2.90. The number of fused-ring (bicyclic) bond motifs is 1. The maximum absolute atomic E-state index is 12.7. The van der Waals surface area contributed by atoms with Crippen molar-refractivity contribution in [3.63, 3.8) is 0 Å². The molecule has 0 N–H and O–H groups in total. The number of aromatic nitrogens is 3. The third-order valence-corrected chi connectivity index (χ3v) is 5.40. The lowest BCUT2D eigenvalue weighted by molar-refractivity contribution is 0.355. The first kappa shape index (κ1) is 19.7. The summed E-state index contributed by atoms with van der Waals surface area (Å²) in [5.74, 6) is 2.53. The number of methoxy groups -OCH3 is 3. The number of nitrogens with zero attached hydrogens (tertiary/aromatic N) is 3. The number of hydrogen-bond donors (Lipinski definition) is 0. The van der Waals surface area contributed by atoms with Crippen LogP contribution in [0.1, 0.15) is 17.0 Å². The van der Waals surface area contributed by atoms with E-state index in [-0.39, 0.29) is 5.56 Å². The van der Waals surface area contributed by atoms with E-state index >= 15 is 0 Å². The van der Waals surface area contributed by atoms with Crippen molar-refractivity contribution in [2.24, 2.45) is 0 Å². The normalized spacial score (nSPS) is 12.0. The van der Waals surface area contributed by atoms with E-state index in [1.165, 1.54) is 15.9 Å². The lowest BCUT2D eigenvalue weighted by atomic mass is 10.2. The van der Waals surface area contributed by atoms with Gasteiger partial charge in [-0.2, -0.15) is 9.50 Å². The summed E-state index contributed by atoms with van der Waals surface area (Å²) < 4.78 is 17.6. The van der Waals surface area contributed by atoms with Gasteiger partial charge >= 0.3 is 0 Å². The highest BCUT2D eigenvalue weighted by molar-refractivity contribution is 7.15. The highest BCUT2D eigenvalue weighted by Crippen LogP contribution is 2.28. The number of benzene rings is 2. The van der Waals surface area contributed by atoms with Crippen LogP contribution in [0.25, 0.3) is 23.2 Å². The van der Waals surface area contributed by atoms with E-state index in [4.69, 9.17) is 14.2 Å². The average molecular weight is 421 g/mol. The van der Waals surface area contributed by atoms with Crippen LogP contribution in [0.2, 0.25) is 0 Å². The van der Waals surface area contributed by atoms with Crippen molar-refractivity contribution in [3.05, 3.63) is 74.3 Å². The summed E-state index contributed by atoms with van der Waals surface area (Å²) in [7, 11) is 4.80. The molecular formula is C22H19N3O4S. The van der Waals surface area contributed by atoms with Crippen molar-refractivity contribution in [2.75, 3.05) is 21.3 Å². The molecule has 4 aromatic rings. The van der Waals surface area contributed by atoms with Gasteiger partial charge in [0.15, 0.2) is 17.3 Å². The molecule has 4 rings (SSSR count). The van der Waals surface area contributed by atoms with Crippen LogP contribution in [0, 0.1) is 0 Å². The highest BCUT2D eigenvalue weighted by Gasteiger charge is 2.09. The van der Waals surface area contributed by atoms with Crippen molar-refractivity contribution >= 4 is 34.5 Å². The summed E-state index contributed by atoms with van der Waals surface area (Å²) in [6.45, 7) is 0. The van der Waals surface area contributed by atoms with Crippen LogP contribution in [0.15, 0.2) is 47.3 Å². The predicted molar refractivity (Wildman–Crippen MR) is 117 cm³/mol. The molecule has 0 aliphatic heterocycles. The molecule has 0 aliphatic carbocycles. The summed E-state index contributed by atoms with van der Waals surface area (Å²) >= 11 is 1.30. The Balaban J connectivity index is 1.61. The van der Waals surface area contributed by atoms with E-state index in [1.54, 1.807) is 27.4 Å². The molecule has 0 radical (unpaired) electrons. The number of thiazole rings is 1. The van der Waals surface area contributed by atoms with Gasteiger partial charge in [-0.25, -0.2) is 0 Å². The minimum Gasteiger partial charge on any atom is -0.497 e. The Labute approximate surface area is 176 Å². The fourth-order valence-corrected chi connectivity index (χ4v) is 3.81. The zero-order chi connectivity index (χ0) is 21.1. The molecule has 30 heavy (non-hydrogen) atoms. The third kappa shape index (κ3) is 3.90. The molecule has 0 aliphatic rings. The van der Waals surface area contributed by atoms with Crippen LogP contribution in [-0.4, -0.2) is 35.9 Å². The van der Waals surface area contributed by atoms with Gasteiger partial charge in [0, 0.05) is 0 Å². The summed E-state index contributed by atoms with van der Waals surface area (Å²) in [5.41, 5.74) is 1.62. The molecule has 0 unspecified atom stereocenters. The van der Waals surface area contributed by atoms with E-state index in [2.05, 4.69) is 10.1 Å². The molecule has 0 amide bonds. The molecule has 7 nitrogen and oxygen atoms in total. The largest absolute Gasteiger partial charge is 0.497 e. The maximum Gasteiger partial charge on any atom is 0.291 e. The average Bonchev–Trinajstić information content (AvgIpc) is 3.31. The van der Waals surface area contributed by atoms with Crippen LogP contribution in [0.4, 0.5) is 0 Å². The minimum atomic E-state index is -0.191. The fraction of sp³-hybridized carbons (Fsp3) is 0.136. The first-order valence-corrected chi connectivity index (χ1v) is 9.88. The molecule has 2 aromatic heterocycles. The number of hydrogen-bond acceptors (Lipinski definition) is 7. The molecular weight excluding hydrogens is 402 g/mol. The summed E-state index contributed by atoms with van der Waals surface area (Å²) in [6, 6.07) is 13.1. The third-order valence-electron chi connectivity index (χ3n) is 4.44. The van der Waals surface area contributed by atoms with E-state index in [9.17, 15) is 4.79 Å². The molecule has 0 saturated heterocycles. The number of rotatable bonds is 6. The highest BCUT2D eigenvalue weighted by atomic mass is 32.1. The van der Waals surface area contributed by atoms with Crippen LogP contribution in [-0.2, 0) is 0 Å². The lowest BCUT2D eigenvalue weighted by Crippen LogP contribution is -2.23. The summed E-state index contributed by atoms with van der Waals surface area (Å²) in [5, 5.41) is 4.31. The second-order valence-electron chi connectivity index (χ2n) is 6.30. The Hall–Kier alpha value is -3.65. The van der Waals surface area contributed by atoms with E-state index < -0.39 is 0 Å². The van der Waals surface area contributed by atoms with E-state index in [0.29, 0.717) is 26.8 Å². The molecule has 0 saturated carbocycles. The zero-order valence-electron chi connectivity index (χ0n) is 16.7. The molecule has 2 heterocycles. The predicted octanol–water partition coefficient (Wildman–Crippen LogP) is 2.89. The SMILES string of the molecule is COc1ccc(/C=c2/sc3nc(/C=C/c4ccc(OC)c(OC)c4)nn3c2=O)cc1. The van der Waals surface area contributed by atoms with Crippen LogP contribution in [0.5, 0.6) is 17.2 Å². The Bertz CT molecular complexity index is 1320. The van der Waals surface area contributed by atoms with Crippen LogP contribution < -0.4 is 24.3 Å². The molecule has 0 bridgehead atoms. The summed E-state index contributed by atoms with van der Waals surface area (Å²) in [4.78, 5) is 17.6. The second-order valence-corrected chi connectivity index (χ2v) is 7.31. The minimum absolute atomic E-state index is 0.191. The first-order valence-electron chi connectivity index (χ1n) is 9.06. The zero-order valence-corrected chi connectivity index (χ0v) is 17.5. The van der Waals surface area contributed by atoms with Gasteiger partial charge in [0.05, 0.1) is 25.9 Å². The van der Waals surface area contributed by atoms with Crippen LogP contribution >= 0.6 is 11.3 Å². The first-order chi connectivity index (χ1) is 14.6. The molecule has 152 valence electrons. The van der Waals surface area contributed by atoms with Gasteiger partial charge in [0.2, 0.25) is 4.96 Å².